The van der Waals surface area contributed by atoms with Crippen LogP contribution in [0.5, 0.6) is 0 Å². The van der Waals surface area contributed by atoms with Crippen molar-refractivity contribution in [3.63, 3.8) is 0 Å². The third-order valence-electron chi connectivity index (χ3n) is 1.97. The highest BCUT2D eigenvalue weighted by atomic mass is 35.5. The van der Waals surface area contributed by atoms with Gasteiger partial charge in [-0.25, -0.2) is 0 Å². The van der Waals surface area contributed by atoms with Crippen molar-refractivity contribution in [1.82, 2.24) is 4.90 Å². The standard InChI is InChI=1S/C12H12ClNO3S/c1-2-7-14(8-12(16)17)11(15)6-4-9-3-5-10(13)18-9/h2-6H,1,7-8H2,(H,16,17). The Balaban J connectivity index is 2.68. The van der Waals surface area contributed by atoms with Gasteiger partial charge in [-0.2, -0.15) is 0 Å². The average molecular weight is 286 g/mol. The molecule has 0 radical (unpaired) electrons. The summed E-state index contributed by atoms with van der Waals surface area (Å²) >= 11 is 7.10. The zero-order chi connectivity index (χ0) is 13.5. The van der Waals surface area contributed by atoms with Crippen molar-refractivity contribution in [2.75, 3.05) is 13.1 Å². The summed E-state index contributed by atoms with van der Waals surface area (Å²) in [6, 6.07) is 3.51. The van der Waals surface area contributed by atoms with Crippen LogP contribution in [0.25, 0.3) is 6.08 Å². The fourth-order valence-corrected chi connectivity index (χ4v) is 2.19. The fourth-order valence-electron chi connectivity index (χ4n) is 1.23. The molecule has 1 rings (SSSR count). The first-order valence-corrected chi connectivity index (χ1v) is 6.27. The van der Waals surface area contributed by atoms with Crippen LogP contribution in [0, 0.1) is 0 Å². The molecule has 0 aliphatic rings. The summed E-state index contributed by atoms with van der Waals surface area (Å²) in [6.45, 7) is 3.33. The molecule has 0 fully saturated rings. The Morgan fingerprint density at radius 3 is 2.72 bits per heavy atom. The highest BCUT2D eigenvalue weighted by Crippen LogP contribution is 2.22. The Morgan fingerprint density at radius 1 is 1.50 bits per heavy atom. The van der Waals surface area contributed by atoms with Crippen molar-refractivity contribution in [3.8, 4) is 0 Å². The molecule has 0 saturated carbocycles. The molecule has 18 heavy (non-hydrogen) atoms. The summed E-state index contributed by atoms with van der Waals surface area (Å²) in [5.41, 5.74) is 0. The van der Waals surface area contributed by atoms with E-state index in [1.165, 1.54) is 28.4 Å². The number of thiophene rings is 1. The van der Waals surface area contributed by atoms with Gasteiger partial charge in [0.25, 0.3) is 0 Å². The van der Waals surface area contributed by atoms with Crippen molar-refractivity contribution in [2.45, 2.75) is 0 Å². The SMILES string of the molecule is C=CCN(CC(=O)O)C(=O)C=Cc1ccc(Cl)s1. The van der Waals surface area contributed by atoms with E-state index in [0.29, 0.717) is 4.34 Å². The molecule has 1 aromatic heterocycles. The minimum absolute atomic E-state index is 0.195. The summed E-state index contributed by atoms with van der Waals surface area (Å²) in [4.78, 5) is 24.4. The lowest BCUT2D eigenvalue weighted by Crippen LogP contribution is -2.34. The van der Waals surface area contributed by atoms with Crippen LogP contribution >= 0.6 is 22.9 Å². The molecule has 0 aliphatic heterocycles. The summed E-state index contributed by atoms with van der Waals surface area (Å²) in [5, 5.41) is 8.68. The number of carbonyl (C=O) groups excluding carboxylic acids is 1. The van der Waals surface area contributed by atoms with Crippen LogP contribution in [0.2, 0.25) is 4.34 Å². The molecule has 4 nitrogen and oxygen atoms in total. The highest BCUT2D eigenvalue weighted by molar-refractivity contribution is 7.17. The van der Waals surface area contributed by atoms with Gasteiger partial charge in [-0.1, -0.05) is 17.7 Å². The molecule has 96 valence electrons. The number of amides is 1. The third kappa shape index (κ3) is 4.73. The van der Waals surface area contributed by atoms with Gasteiger partial charge in [0.1, 0.15) is 6.54 Å². The van der Waals surface area contributed by atoms with Gasteiger partial charge in [0.2, 0.25) is 5.91 Å². The fraction of sp³-hybridized carbons (Fsp3) is 0.167. The van der Waals surface area contributed by atoms with Gasteiger partial charge in [0, 0.05) is 17.5 Å². The zero-order valence-electron chi connectivity index (χ0n) is 9.51. The van der Waals surface area contributed by atoms with Crippen molar-refractivity contribution in [1.29, 1.82) is 0 Å². The molecule has 0 saturated heterocycles. The van der Waals surface area contributed by atoms with Crippen LogP contribution in [-0.4, -0.2) is 35.0 Å². The smallest absolute Gasteiger partial charge is 0.323 e. The van der Waals surface area contributed by atoms with Crippen LogP contribution in [-0.2, 0) is 9.59 Å². The monoisotopic (exact) mass is 285 g/mol. The van der Waals surface area contributed by atoms with Gasteiger partial charge in [0.05, 0.1) is 4.34 Å². The number of aliphatic carboxylic acids is 1. The Bertz CT molecular complexity index is 481. The molecular weight excluding hydrogens is 274 g/mol. The first-order valence-electron chi connectivity index (χ1n) is 5.08. The molecule has 0 atom stereocenters. The largest absolute Gasteiger partial charge is 0.480 e. The van der Waals surface area contributed by atoms with E-state index in [1.54, 1.807) is 18.2 Å². The molecule has 0 bridgehead atoms. The average Bonchev–Trinajstić information content (AvgIpc) is 2.71. The quantitative estimate of drug-likeness (QED) is 0.645. The predicted molar refractivity (Wildman–Crippen MR) is 72.8 cm³/mol. The third-order valence-corrected chi connectivity index (χ3v) is 3.17. The van der Waals surface area contributed by atoms with Crippen LogP contribution in [0.15, 0.2) is 30.9 Å². The van der Waals surface area contributed by atoms with E-state index in [4.69, 9.17) is 16.7 Å². The van der Waals surface area contributed by atoms with E-state index < -0.39 is 5.97 Å². The maximum atomic E-state index is 11.7. The van der Waals surface area contributed by atoms with Gasteiger partial charge in [-0.3, -0.25) is 9.59 Å². The molecular formula is C12H12ClNO3S. The first kappa shape index (κ1) is 14.5. The highest BCUT2D eigenvalue weighted by Gasteiger charge is 2.12. The van der Waals surface area contributed by atoms with Crippen molar-refractivity contribution in [2.24, 2.45) is 0 Å². The maximum absolute atomic E-state index is 11.7. The minimum atomic E-state index is -1.06. The van der Waals surface area contributed by atoms with Gasteiger partial charge in [0.15, 0.2) is 0 Å². The summed E-state index contributed by atoms with van der Waals surface area (Å²) in [5.74, 6) is -1.43. The van der Waals surface area contributed by atoms with Crippen molar-refractivity contribution < 1.29 is 14.7 Å². The van der Waals surface area contributed by atoms with E-state index in [0.717, 1.165) is 4.88 Å². The summed E-state index contributed by atoms with van der Waals surface area (Å²) in [7, 11) is 0. The lowest BCUT2D eigenvalue weighted by molar-refractivity contribution is -0.142. The van der Waals surface area contributed by atoms with Gasteiger partial charge in [-0.05, 0) is 18.2 Å². The second-order valence-corrected chi connectivity index (χ2v) is 5.12. The Morgan fingerprint density at radius 2 is 2.22 bits per heavy atom. The number of carboxylic acids is 1. The lowest BCUT2D eigenvalue weighted by atomic mass is 10.3. The Hall–Kier alpha value is -1.59. The maximum Gasteiger partial charge on any atom is 0.323 e. The Kier molecular flexibility index (Phi) is 5.61. The Labute approximate surface area is 114 Å². The summed E-state index contributed by atoms with van der Waals surface area (Å²) in [6.07, 6.45) is 4.42. The van der Waals surface area contributed by atoms with E-state index in [1.807, 2.05) is 0 Å². The van der Waals surface area contributed by atoms with Gasteiger partial charge < -0.3 is 10.0 Å². The van der Waals surface area contributed by atoms with Crippen molar-refractivity contribution in [3.05, 3.63) is 40.1 Å². The number of nitrogens with zero attached hydrogens (tertiary/aromatic N) is 1. The van der Waals surface area contributed by atoms with E-state index in [9.17, 15) is 9.59 Å². The van der Waals surface area contributed by atoms with Crippen molar-refractivity contribution >= 4 is 40.9 Å². The summed E-state index contributed by atoms with van der Waals surface area (Å²) < 4.78 is 0.635. The zero-order valence-corrected chi connectivity index (χ0v) is 11.1. The predicted octanol–water partition coefficient (Wildman–Crippen LogP) is 2.51. The van der Waals surface area contributed by atoms with Gasteiger partial charge >= 0.3 is 5.97 Å². The van der Waals surface area contributed by atoms with Crippen LogP contribution in [0.4, 0.5) is 0 Å². The number of hydrogen-bond acceptors (Lipinski definition) is 3. The molecule has 6 heteroatoms. The molecule has 1 aromatic rings. The number of hydrogen-bond donors (Lipinski definition) is 1. The second kappa shape index (κ2) is 6.98. The van der Waals surface area contributed by atoms with Crippen LogP contribution < -0.4 is 0 Å². The molecule has 0 aliphatic carbocycles. The molecule has 1 N–H and O–H groups in total. The van der Waals surface area contributed by atoms with E-state index >= 15 is 0 Å². The minimum Gasteiger partial charge on any atom is -0.480 e. The topological polar surface area (TPSA) is 57.6 Å². The number of carboxylic acid groups (broad SMARTS) is 1. The van der Waals surface area contributed by atoms with Gasteiger partial charge in [-0.15, -0.1) is 17.9 Å². The molecule has 0 spiro atoms. The lowest BCUT2D eigenvalue weighted by Gasteiger charge is -2.16. The van der Waals surface area contributed by atoms with Crippen LogP contribution in [0.1, 0.15) is 4.88 Å². The van der Waals surface area contributed by atoms with Crippen LogP contribution in [0.3, 0.4) is 0 Å². The van der Waals surface area contributed by atoms with E-state index in [2.05, 4.69) is 6.58 Å². The number of halogens is 1. The van der Waals surface area contributed by atoms with E-state index in [-0.39, 0.29) is 19.0 Å². The normalized spacial score (nSPS) is 10.5. The second-order valence-electron chi connectivity index (χ2n) is 3.38. The molecule has 1 amide bonds. The number of rotatable bonds is 6. The number of carbonyl (C=O) groups is 2. The first-order chi connectivity index (χ1) is 8.52. The molecule has 0 unspecified atom stereocenters. The molecule has 1 heterocycles. The molecule has 0 aromatic carbocycles.